The Morgan fingerprint density at radius 3 is 2.56 bits per heavy atom. The largest absolute Gasteiger partial charge is 0.494 e. The quantitative estimate of drug-likeness (QED) is 0.797. The molecule has 0 aliphatic rings. The number of Topliss-reactive ketones (excluding diaryl/α,β-unsaturated/α-hetero) is 1. The molecule has 1 aromatic rings. The van der Waals surface area contributed by atoms with E-state index in [1.54, 1.807) is 18.2 Å². The van der Waals surface area contributed by atoms with Crippen molar-refractivity contribution >= 4 is 5.78 Å². The van der Waals surface area contributed by atoms with Gasteiger partial charge < -0.3 is 4.74 Å². The SMILES string of the molecule is COc1cccc(CCCC(=O)C(C)(C)C)c1F. The highest BCUT2D eigenvalue weighted by atomic mass is 19.1. The lowest BCUT2D eigenvalue weighted by Gasteiger charge is -2.16. The monoisotopic (exact) mass is 252 g/mol. The Hall–Kier alpha value is -1.38. The molecule has 1 rings (SSSR count). The van der Waals surface area contributed by atoms with E-state index >= 15 is 0 Å². The second-order valence-corrected chi connectivity index (χ2v) is 5.46. The number of ketones is 1. The molecule has 18 heavy (non-hydrogen) atoms. The molecule has 0 radical (unpaired) electrons. The number of hydrogen-bond donors (Lipinski definition) is 0. The maximum atomic E-state index is 13.8. The van der Waals surface area contributed by atoms with Gasteiger partial charge in [-0.25, -0.2) is 4.39 Å². The van der Waals surface area contributed by atoms with E-state index in [1.165, 1.54) is 7.11 Å². The molecule has 0 saturated carbocycles. The Balaban J connectivity index is 2.57. The lowest BCUT2D eigenvalue weighted by molar-refractivity contribution is -0.126. The van der Waals surface area contributed by atoms with Crippen LogP contribution in [0.2, 0.25) is 0 Å². The van der Waals surface area contributed by atoms with E-state index in [1.807, 2.05) is 20.8 Å². The fourth-order valence-electron chi connectivity index (χ4n) is 1.72. The molecule has 2 nitrogen and oxygen atoms in total. The van der Waals surface area contributed by atoms with Crippen molar-refractivity contribution in [3.05, 3.63) is 29.6 Å². The van der Waals surface area contributed by atoms with Gasteiger partial charge in [-0.3, -0.25) is 4.79 Å². The Bertz CT molecular complexity index is 419. The fourth-order valence-corrected chi connectivity index (χ4v) is 1.72. The molecule has 0 unspecified atom stereocenters. The van der Waals surface area contributed by atoms with Crippen molar-refractivity contribution in [1.82, 2.24) is 0 Å². The third-order valence-corrected chi connectivity index (χ3v) is 2.95. The van der Waals surface area contributed by atoms with Gasteiger partial charge in [0.15, 0.2) is 11.6 Å². The first kappa shape index (κ1) is 14.7. The summed E-state index contributed by atoms with van der Waals surface area (Å²) >= 11 is 0. The number of ether oxygens (including phenoxy) is 1. The van der Waals surface area contributed by atoms with Crippen molar-refractivity contribution in [2.24, 2.45) is 5.41 Å². The summed E-state index contributed by atoms with van der Waals surface area (Å²) in [5.41, 5.74) is 0.295. The highest BCUT2D eigenvalue weighted by molar-refractivity contribution is 5.83. The molecule has 0 amide bonds. The summed E-state index contributed by atoms with van der Waals surface area (Å²) in [5, 5.41) is 0. The first-order valence-corrected chi connectivity index (χ1v) is 6.21. The molecular formula is C15H21FO2. The zero-order valence-electron chi connectivity index (χ0n) is 11.5. The molecule has 0 saturated heterocycles. The van der Waals surface area contributed by atoms with Gasteiger partial charge in [0, 0.05) is 11.8 Å². The van der Waals surface area contributed by atoms with Crippen LogP contribution < -0.4 is 4.74 Å². The summed E-state index contributed by atoms with van der Waals surface area (Å²) in [7, 11) is 1.45. The smallest absolute Gasteiger partial charge is 0.168 e. The van der Waals surface area contributed by atoms with Gasteiger partial charge in [0.25, 0.3) is 0 Å². The molecule has 0 heterocycles. The number of methoxy groups -OCH3 is 1. The number of aryl methyl sites for hydroxylation is 1. The molecule has 0 fully saturated rings. The van der Waals surface area contributed by atoms with Crippen molar-refractivity contribution in [3.63, 3.8) is 0 Å². The number of carbonyl (C=O) groups excluding carboxylic acids is 1. The number of hydrogen-bond acceptors (Lipinski definition) is 2. The van der Waals surface area contributed by atoms with Gasteiger partial charge in [-0.1, -0.05) is 32.9 Å². The number of benzene rings is 1. The van der Waals surface area contributed by atoms with Crippen molar-refractivity contribution in [2.45, 2.75) is 40.0 Å². The van der Waals surface area contributed by atoms with Crippen molar-refractivity contribution in [1.29, 1.82) is 0 Å². The molecule has 0 aromatic heterocycles. The van der Waals surface area contributed by atoms with Crippen molar-refractivity contribution in [3.8, 4) is 5.75 Å². The number of carbonyl (C=O) groups is 1. The molecule has 100 valence electrons. The number of rotatable bonds is 5. The van der Waals surface area contributed by atoms with Crippen LogP contribution in [0.1, 0.15) is 39.2 Å². The van der Waals surface area contributed by atoms with Crippen LogP contribution in [0.3, 0.4) is 0 Å². The first-order chi connectivity index (χ1) is 8.36. The van der Waals surface area contributed by atoms with Crippen molar-refractivity contribution in [2.75, 3.05) is 7.11 Å². The van der Waals surface area contributed by atoms with Crippen LogP contribution in [-0.2, 0) is 11.2 Å². The Morgan fingerprint density at radius 2 is 2.00 bits per heavy atom. The zero-order valence-corrected chi connectivity index (χ0v) is 11.5. The Morgan fingerprint density at radius 1 is 1.33 bits per heavy atom. The van der Waals surface area contributed by atoms with Gasteiger partial charge in [0.1, 0.15) is 5.78 Å². The predicted molar refractivity (Wildman–Crippen MR) is 70.4 cm³/mol. The van der Waals surface area contributed by atoms with E-state index in [0.717, 1.165) is 0 Å². The Kier molecular flexibility index (Phi) is 4.88. The summed E-state index contributed by atoms with van der Waals surface area (Å²) < 4.78 is 18.7. The average Bonchev–Trinajstić information content (AvgIpc) is 2.30. The summed E-state index contributed by atoms with van der Waals surface area (Å²) in [5.74, 6) is 0.156. The van der Waals surface area contributed by atoms with E-state index in [2.05, 4.69) is 0 Å². The van der Waals surface area contributed by atoms with Gasteiger partial charge in [-0.15, -0.1) is 0 Å². The van der Waals surface area contributed by atoms with Gasteiger partial charge >= 0.3 is 0 Å². The van der Waals surface area contributed by atoms with Crippen molar-refractivity contribution < 1.29 is 13.9 Å². The minimum Gasteiger partial charge on any atom is -0.494 e. The molecular weight excluding hydrogens is 231 g/mol. The van der Waals surface area contributed by atoms with Crippen LogP contribution in [0.4, 0.5) is 4.39 Å². The average molecular weight is 252 g/mol. The lowest BCUT2D eigenvalue weighted by atomic mass is 9.87. The van der Waals surface area contributed by atoms with E-state index < -0.39 is 0 Å². The molecule has 0 atom stereocenters. The maximum absolute atomic E-state index is 13.8. The van der Waals surface area contributed by atoms with E-state index in [0.29, 0.717) is 24.8 Å². The van der Waals surface area contributed by atoms with E-state index in [4.69, 9.17) is 4.74 Å². The molecule has 0 spiro atoms. The Labute approximate surface area is 108 Å². The third-order valence-electron chi connectivity index (χ3n) is 2.95. The zero-order chi connectivity index (χ0) is 13.8. The van der Waals surface area contributed by atoms with Crippen LogP contribution >= 0.6 is 0 Å². The van der Waals surface area contributed by atoms with Crippen LogP contribution in [0.15, 0.2) is 18.2 Å². The van der Waals surface area contributed by atoms with E-state index in [-0.39, 0.29) is 22.8 Å². The van der Waals surface area contributed by atoms with Gasteiger partial charge in [0.2, 0.25) is 0 Å². The molecule has 0 bridgehead atoms. The summed E-state index contributed by atoms with van der Waals surface area (Å²) in [6.07, 6.45) is 1.71. The van der Waals surface area contributed by atoms with Crippen LogP contribution in [0.25, 0.3) is 0 Å². The second kappa shape index (κ2) is 5.98. The molecule has 0 aliphatic carbocycles. The highest BCUT2D eigenvalue weighted by Gasteiger charge is 2.20. The summed E-state index contributed by atoms with van der Waals surface area (Å²) in [4.78, 5) is 11.7. The fraction of sp³-hybridized carbons (Fsp3) is 0.533. The maximum Gasteiger partial charge on any atom is 0.168 e. The standard InChI is InChI=1S/C15H21FO2/c1-15(2,3)13(17)10-6-8-11-7-5-9-12(18-4)14(11)16/h5,7,9H,6,8,10H2,1-4H3. The molecule has 3 heteroatoms. The highest BCUT2D eigenvalue weighted by Crippen LogP contribution is 2.23. The van der Waals surface area contributed by atoms with Gasteiger partial charge in [-0.05, 0) is 24.5 Å². The summed E-state index contributed by atoms with van der Waals surface area (Å²) in [6.45, 7) is 5.71. The van der Waals surface area contributed by atoms with Crippen LogP contribution in [0, 0.1) is 11.2 Å². The topological polar surface area (TPSA) is 26.3 Å². The van der Waals surface area contributed by atoms with Gasteiger partial charge in [0.05, 0.1) is 7.11 Å². The van der Waals surface area contributed by atoms with Crippen LogP contribution in [-0.4, -0.2) is 12.9 Å². The molecule has 0 N–H and O–H groups in total. The van der Waals surface area contributed by atoms with Crippen LogP contribution in [0.5, 0.6) is 5.75 Å². The second-order valence-electron chi connectivity index (χ2n) is 5.46. The molecule has 1 aromatic carbocycles. The normalized spacial score (nSPS) is 11.4. The lowest BCUT2D eigenvalue weighted by Crippen LogP contribution is -2.19. The first-order valence-electron chi connectivity index (χ1n) is 6.21. The van der Waals surface area contributed by atoms with Gasteiger partial charge in [-0.2, -0.15) is 0 Å². The minimum absolute atomic E-state index is 0.214. The van der Waals surface area contributed by atoms with E-state index in [9.17, 15) is 9.18 Å². The number of halogens is 1. The summed E-state index contributed by atoms with van der Waals surface area (Å²) in [6, 6.07) is 5.10. The third kappa shape index (κ3) is 3.83. The molecule has 0 aliphatic heterocycles. The minimum atomic E-state index is -0.316. The predicted octanol–water partition coefficient (Wildman–Crippen LogP) is 3.77.